The second-order valence-corrected chi connectivity index (χ2v) is 19.6. The SMILES string of the molecule is CO[C@H]1CC2CC[C@@H](C)[C@@](O)(O2)C(=O)C(=O)N2CCCC[C@H]2C(=O)O[C@H]([C@@H](C)C[C@@H]2CC[C@@H](O)[C@H](OC)C2)CC(=O)[C@H](C)/C=C(\C)[C@@H](O)[C@@H](OC)C(=O)[C@H](C)C[C@H](C)\C=C/C=C/C=C/1C. The van der Waals surface area contributed by atoms with Gasteiger partial charge in [-0.25, -0.2) is 4.79 Å². The van der Waals surface area contributed by atoms with Gasteiger partial charge in [0.1, 0.15) is 30.1 Å². The minimum Gasteiger partial charge on any atom is -0.460 e. The molecule has 0 spiro atoms. The molecule has 1 unspecified atom stereocenters. The summed E-state index contributed by atoms with van der Waals surface area (Å²) in [6, 6.07) is -1.14. The smallest absolute Gasteiger partial charge is 0.329 e. The Kier molecular flexibility index (Phi) is 21.0. The molecule has 366 valence electrons. The number of esters is 1. The van der Waals surface area contributed by atoms with Crippen LogP contribution in [0, 0.1) is 35.5 Å². The minimum atomic E-state index is -2.43. The summed E-state index contributed by atoms with van der Waals surface area (Å²) in [5, 5.41) is 33.8. The molecule has 3 aliphatic heterocycles. The number of ketones is 3. The van der Waals surface area contributed by atoms with Gasteiger partial charge in [-0.1, -0.05) is 71.1 Å². The van der Waals surface area contributed by atoms with Crippen molar-refractivity contribution in [1.29, 1.82) is 0 Å². The quantitative estimate of drug-likeness (QED) is 0.156. The van der Waals surface area contributed by atoms with Crippen molar-refractivity contribution in [2.24, 2.45) is 35.5 Å². The van der Waals surface area contributed by atoms with Crippen LogP contribution in [0.4, 0.5) is 0 Å². The lowest BCUT2D eigenvalue weighted by molar-refractivity contribution is -0.265. The Balaban J connectivity index is 1.70. The van der Waals surface area contributed by atoms with E-state index in [4.69, 9.17) is 23.7 Å². The molecule has 3 fully saturated rings. The molecule has 3 heterocycles. The summed E-state index contributed by atoms with van der Waals surface area (Å²) in [7, 11) is 4.52. The number of allylic oxidation sites excluding steroid dienone is 6. The zero-order valence-corrected chi connectivity index (χ0v) is 40.6. The van der Waals surface area contributed by atoms with E-state index < -0.39 is 83.9 Å². The lowest BCUT2D eigenvalue weighted by Gasteiger charge is -2.42. The van der Waals surface area contributed by atoms with Crippen molar-refractivity contribution in [3.05, 3.63) is 47.6 Å². The van der Waals surface area contributed by atoms with Crippen LogP contribution in [0.15, 0.2) is 47.6 Å². The standard InChI is InChI=1S/C51H79NO13/c1-30-16-12-11-13-17-31(2)42(61-8)28-38-21-19-36(7)51(60,65-38)48(57)49(58)52-23-15-14-18-39(52)50(59)64-43(33(4)26-37-20-22-40(53)44(27-37)62-9)29-41(54)32(3)25-35(6)46(56)47(63-10)45(55)34(5)24-30/h11-13,16-17,25,30,32-34,36-40,42-44,46-47,53,56,60H,14-15,18-24,26-29H2,1-10H3/b13-11+,16-12-,31-17+,35-25+/t30-,32-,33+,34-,36-,37+,38?,39+,40-,42+,43+,44-,46-,47+,51-/m1/s1. The predicted octanol–water partition coefficient (Wildman–Crippen LogP) is 6.18. The first kappa shape index (κ1) is 54.2. The zero-order valence-electron chi connectivity index (χ0n) is 40.6. The average Bonchev–Trinajstić information content (AvgIpc) is 3.28. The summed E-state index contributed by atoms with van der Waals surface area (Å²) in [5.74, 6) is -7.96. The third-order valence-corrected chi connectivity index (χ3v) is 14.5. The second-order valence-electron chi connectivity index (χ2n) is 19.6. The van der Waals surface area contributed by atoms with Crippen molar-refractivity contribution >= 4 is 29.2 Å². The molecule has 0 radical (unpaired) electrons. The van der Waals surface area contributed by atoms with E-state index in [2.05, 4.69) is 0 Å². The molecule has 1 aliphatic carbocycles. The molecule has 0 aromatic carbocycles. The van der Waals surface area contributed by atoms with Crippen molar-refractivity contribution in [2.75, 3.05) is 27.9 Å². The molecule has 3 N–H and O–H groups in total. The number of aliphatic hydroxyl groups excluding tert-OH is 2. The maximum atomic E-state index is 14.4. The molecule has 4 aliphatic rings. The fourth-order valence-electron chi connectivity index (χ4n) is 10.1. The van der Waals surface area contributed by atoms with Crippen molar-refractivity contribution in [1.82, 2.24) is 4.90 Å². The van der Waals surface area contributed by atoms with Crippen molar-refractivity contribution in [3.8, 4) is 0 Å². The highest BCUT2D eigenvalue weighted by molar-refractivity contribution is 6.39. The van der Waals surface area contributed by atoms with Crippen LogP contribution in [-0.2, 0) is 47.7 Å². The summed E-state index contributed by atoms with van der Waals surface area (Å²) in [5.41, 5.74) is 1.27. The number of hydrogen-bond donors (Lipinski definition) is 3. The van der Waals surface area contributed by atoms with Crippen LogP contribution in [0.3, 0.4) is 0 Å². The van der Waals surface area contributed by atoms with E-state index in [1.165, 1.54) is 12.0 Å². The second kappa shape index (κ2) is 25.1. The first-order chi connectivity index (χ1) is 30.7. The Morgan fingerprint density at radius 2 is 1.57 bits per heavy atom. The fraction of sp³-hybridized carbons (Fsp3) is 0.745. The van der Waals surface area contributed by atoms with Crippen LogP contribution in [-0.4, -0.2) is 132 Å². The Morgan fingerprint density at radius 3 is 2.25 bits per heavy atom. The highest BCUT2D eigenvalue weighted by Crippen LogP contribution is 2.38. The third-order valence-electron chi connectivity index (χ3n) is 14.5. The van der Waals surface area contributed by atoms with Crippen LogP contribution in [0.1, 0.15) is 126 Å². The zero-order chi connectivity index (χ0) is 48.2. The van der Waals surface area contributed by atoms with E-state index in [0.717, 1.165) is 12.0 Å². The number of amides is 1. The van der Waals surface area contributed by atoms with E-state index >= 15 is 0 Å². The molecular weight excluding hydrogens is 835 g/mol. The van der Waals surface area contributed by atoms with Crippen molar-refractivity contribution in [2.45, 2.75) is 180 Å². The number of carbonyl (C=O) groups excluding carboxylic acids is 5. The predicted molar refractivity (Wildman–Crippen MR) is 245 cm³/mol. The Bertz CT molecular complexity index is 1760. The number of rotatable bonds is 6. The molecule has 1 saturated carbocycles. The molecule has 15 atom stereocenters. The van der Waals surface area contributed by atoms with E-state index in [0.29, 0.717) is 63.4 Å². The van der Waals surface area contributed by atoms with E-state index in [1.54, 1.807) is 41.1 Å². The van der Waals surface area contributed by atoms with Gasteiger partial charge in [-0.05, 0) is 107 Å². The van der Waals surface area contributed by atoms with Crippen LogP contribution in [0.25, 0.3) is 0 Å². The molecule has 14 nitrogen and oxygen atoms in total. The maximum absolute atomic E-state index is 14.4. The number of carbonyl (C=O) groups is 5. The van der Waals surface area contributed by atoms with Crippen LogP contribution in [0.5, 0.6) is 0 Å². The van der Waals surface area contributed by atoms with Gasteiger partial charge in [-0.2, -0.15) is 0 Å². The number of cyclic esters (lactones) is 1. The molecule has 0 aromatic rings. The molecule has 0 aromatic heterocycles. The lowest BCUT2D eigenvalue weighted by atomic mass is 9.78. The summed E-state index contributed by atoms with van der Waals surface area (Å²) in [6.45, 7) is 12.7. The van der Waals surface area contributed by atoms with Crippen molar-refractivity contribution in [3.63, 3.8) is 0 Å². The minimum absolute atomic E-state index is 0.0193. The summed E-state index contributed by atoms with van der Waals surface area (Å²) in [6.07, 6.45) is 11.2. The van der Waals surface area contributed by atoms with Crippen LogP contribution < -0.4 is 0 Å². The molecule has 14 heteroatoms. The van der Waals surface area contributed by atoms with Gasteiger partial charge in [0.05, 0.1) is 24.4 Å². The van der Waals surface area contributed by atoms with E-state index in [9.17, 15) is 39.3 Å². The number of fused-ring (bicyclic) bond motifs is 3. The topological polar surface area (TPSA) is 195 Å². The third kappa shape index (κ3) is 14.3. The molecule has 2 bridgehead atoms. The molecule has 2 saturated heterocycles. The van der Waals surface area contributed by atoms with Crippen LogP contribution in [0.2, 0.25) is 0 Å². The van der Waals surface area contributed by atoms with Gasteiger partial charge in [0, 0.05) is 58.5 Å². The van der Waals surface area contributed by atoms with E-state index in [-0.39, 0.29) is 54.8 Å². The highest BCUT2D eigenvalue weighted by atomic mass is 16.6. The largest absolute Gasteiger partial charge is 0.460 e. The summed E-state index contributed by atoms with van der Waals surface area (Å²) < 4.78 is 29.4. The number of methoxy groups -OCH3 is 3. The molecular formula is C51H79NO13. The van der Waals surface area contributed by atoms with Gasteiger partial charge < -0.3 is 43.9 Å². The number of piperidine rings is 1. The van der Waals surface area contributed by atoms with Gasteiger partial charge >= 0.3 is 5.97 Å². The summed E-state index contributed by atoms with van der Waals surface area (Å²) in [4.78, 5) is 71.8. The van der Waals surface area contributed by atoms with Gasteiger partial charge in [0.15, 0.2) is 5.78 Å². The Hall–Kier alpha value is -3.37. The number of aliphatic hydroxyl groups is 3. The number of ether oxygens (including phenoxy) is 5. The first-order valence-electron chi connectivity index (χ1n) is 23.9. The first-order valence-corrected chi connectivity index (χ1v) is 23.9. The fourth-order valence-corrected chi connectivity index (χ4v) is 10.1. The number of Topliss-reactive ketones (excluding diaryl/α,β-unsaturated/α-hetero) is 3. The number of nitrogens with zero attached hydrogens (tertiary/aromatic N) is 1. The van der Waals surface area contributed by atoms with Gasteiger partial charge in [0.25, 0.3) is 11.7 Å². The van der Waals surface area contributed by atoms with Gasteiger partial charge in [-0.3, -0.25) is 19.2 Å². The molecule has 1 amide bonds. The number of hydrogen-bond acceptors (Lipinski definition) is 13. The van der Waals surface area contributed by atoms with Crippen LogP contribution >= 0.6 is 0 Å². The van der Waals surface area contributed by atoms with Gasteiger partial charge in [0.2, 0.25) is 5.79 Å². The van der Waals surface area contributed by atoms with E-state index in [1.807, 2.05) is 58.1 Å². The maximum Gasteiger partial charge on any atom is 0.329 e. The molecule has 4 rings (SSSR count). The monoisotopic (exact) mass is 914 g/mol. The summed E-state index contributed by atoms with van der Waals surface area (Å²) >= 11 is 0. The van der Waals surface area contributed by atoms with Gasteiger partial charge in [-0.15, -0.1) is 0 Å². The Morgan fingerprint density at radius 1 is 0.846 bits per heavy atom. The average molecular weight is 914 g/mol. The Labute approximate surface area is 387 Å². The molecule has 65 heavy (non-hydrogen) atoms. The lowest BCUT2D eigenvalue weighted by Crippen LogP contribution is -2.61. The van der Waals surface area contributed by atoms with Crippen molar-refractivity contribution < 1.29 is 63.0 Å². The normalized spacial score (nSPS) is 40.4. The highest BCUT2D eigenvalue weighted by Gasteiger charge is 2.53.